The van der Waals surface area contributed by atoms with E-state index in [9.17, 15) is 22.0 Å². The third-order valence-corrected chi connectivity index (χ3v) is 1.89. The molecule has 1 rings (SSSR count). The number of nitrogens with two attached hydrogens (primary N) is 2. The molecule has 0 spiro atoms. The van der Waals surface area contributed by atoms with Gasteiger partial charge in [0.2, 0.25) is 0 Å². The molecule has 16 heavy (non-hydrogen) atoms. The summed E-state index contributed by atoms with van der Waals surface area (Å²) in [4.78, 5) is 3.17. The van der Waals surface area contributed by atoms with Crippen molar-refractivity contribution in [2.75, 3.05) is 5.73 Å². The Morgan fingerprint density at radius 2 is 1.88 bits per heavy atom. The quantitative estimate of drug-likeness (QED) is 0.779. The number of nitrogen functional groups attached to an aromatic ring is 1. The zero-order chi connectivity index (χ0) is 12.5. The number of halogens is 5. The topological polar surface area (TPSA) is 64.9 Å². The molecule has 1 aromatic rings. The monoisotopic (exact) mass is 241 g/mol. The van der Waals surface area contributed by atoms with E-state index in [1.54, 1.807) is 0 Å². The third-order valence-electron chi connectivity index (χ3n) is 1.89. The second-order valence-electron chi connectivity index (χ2n) is 2.96. The van der Waals surface area contributed by atoms with Crippen LogP contribution in [0.5, 0.6) is 0 Å². The fourth-order valence-corrected chi connectivity index (χ4v) is 1.26. The second-order valence-corrected chi connectivity index (χ2v) is 2.96. The second kappa shape index (κ2) is 4.20. The molecule has 0 saturated heterocycles. The molecule has 90 valence electrons. The van der Waals surface area contributed by atoms with Crippen LogP contribution in [0.1, 0.15) is 23.2 Å². The molecule has 0 unspecified atom stereocenters. The van der Waals surface area contributed by atoms with Crippen molar-refractivity contribution < 1.29 is 22.0 Å². The fraction of sp³-hybridized carbons (Fsp3) is 0.375. The Balaban J connectivity index is 3.49. The smallest absolute Gasteiger partial charge is 0.384 e. The lowest BCUT2D eigenvalue weighted by Crippen LogP contribution is -2.17. The number of hydrogen-bond acceptors (Lipinski definition) is 3. The highest BCUT2D eigenvalue weighted by molar-refractivity contribution is 5.43. The van der Waals surface area contributed by atoms with E-state index in [0.29, 0.717) is 6.07 Å². The number of aromatic nitrogens is 1. The van der Waals surface area contributed by atoms with Crippen molar-refractivity contribution in [2.45, 2.75) is 19.1 Å². The zero-order valence-electron chi connectivity index (χ0n) is 7.85. The molecule has 4 N–H and O–H groups in total. The average molecular weight is 241 g/mol. The summed E-state index contributed by atoms with van der Waals surface area (Å²) in [7, 11) is 0. The van der Waals surface area contributed by atoms with Gasteiger partial charge < -0.3 is 11.5 Å². The van der Waals surface area contributed by atoms with Crippen LogP contribution in [0.3, 0.4) is 0 Å². The summed E-state index contributed by atoms with van der Waals surface area (Å²) in [5.74, 6) is -0.611. The minimum Gasteiger partial charge on any atom is -0.384 e. The van der Waals surface area contributed by atoms with Gasteiger partial charge in [-0.15, -0.1) is 0 Å². The van der Waals surface area contributed by atoms with Crippen molar-refractivity contribution in [1.29, 1.82) is 0 Å². The van der Waals surface area contributed by atoms with Gasteiger partial charge in [0.05, 0.1) is 5.56 Å². The summed E-state index contributed by atoms with van der Waals surface area (Å²) in [5, 5.41) is 0. The first-order chi connectivity index (χ1) is 7.27. The van der Waals surface area contributed by atoms with Crippen molar-refractivity contribution in [3.05, 3.63) is 22.9 Å². The molecular formula is C8H8F5N3. The Morgan fingerprint density at radius 1 is 1.31 bits per heavy atom. The van der Waals surface area contributed by atoms with Crippen LogP contribution in [0.2, 0.25) is 0 Å². The average Bonchev–Trinajstić information content (AvgIpc) is 2.14. The number of hydrogen-bond donors (Lipinski definition) is 2. The lowest BCUT2D eigenvalue weighted by molar-refractivity contribution is -0.138. The summed E-state index contributed by atoms with van der Waals surface area (Å²) in [5.41, 5.74) is 7.04. The standard InChI is InChI=1S/C8H8F5N3/c9-7(10)6-3(2-14)4(8(11,12)13)1-5(15)16-6/h1,7H,2,14H2,(H2,15,16). The molecule has 0 fully saturated rings. The van der Waals surface area contributed by atoms with E-state index in [2.05, 4.69) is 4.98 Å². The van der Waals surface area contributed by atoms with E-state index in [0.717, 1.165) is 0 Å². The first kappa shape index (κ1) is 12.6. The molecule has 0 atom stereocenters. The lowest BCUT2D eigenvalue weighted by atomic mass is 10.1. The molecule has 0 aliphatic heterocycles. The van der Waals surface area contributed by atoms with Gasteiger partial charge in [0.1, 0.15) is 11.5 Å². The zero-order valence-corrected chi connectivity index (χ0v) is 7.85. The number of anilines is 1. The Labute approximate surface area is 87.3 Å². The van der Waals surface area contributed by atoms with E-state index in [-0.39, 0.29) is 0 Å². The van der Waals surface area contributed by atoms with Gasteiger partial charge in [-0.05, 0) is 6.07 Å². The van der Waals surface area contributed by atoms with Crippen molar-refractivity contribution >= 4 is 5.82 Å². The van der Waals surface area contributed by atoms with Gasteiger partial charge in [-0.3, -0.25) is 0 Å². The number of pyridine rings is 1. The first-order valence-corrected chi connectivity index (χ1v) is 4.12. The summed E-state index contributed by atoms with van der Waals surface area (Å²) >= 11 is 0. The van der Waals surface area contributed by atoms with E-state index < -0.39 is 41.8 Å². The predicted octanol–water partition coefficient (Wildman–Crippen LogP) is 2.08. The molecule has 0 radical (unpaired) electrons. The molecule has 3 nitrogen and oxygen atoms in total. The van der Waals surface area contributed by atoms with Gasteiger partial charge in [0.15, 0.2) is 0 Å². The van der Waals surface area contributed by atoms with Crippen LogP contribution in [0.4, 0.5) is 27.8 Å². The summed E-state index contributed by atoms with van der Waals surface area (Å²) < 4.78 is 62.3. The van der Waals surface area contributed by atoms with Gasteiger partial charge in [-0.25, -0.2) is 13.8 Å². The molecule has 1 aromatic heterocycles. The molecule has 0 aromatic carbocycles. The summed E-state index contributed by atoms with van der Waals surface area (Å²) in [6, 6.07) is 0.494. The minimum absolute atomic E-state index is 0.494. The highest BCUT2D eigenvalue weighted by atomic mass is 19.4. The Morgan fingerprint density at radius 3 is 2.25 bits per heavy atom. The molecule has 0 amide bonds. The van der Waals surface area contributed by atoms with E-state index in [4.69, 9.17) is 11.5 Å². The fourth-order valence-electron chi connectivity index (χ4n) is 1.26. The highest BCUT2D eigenvalue weighted by Gasteiger charge is 2.36. The maximum atomic E-state index is 12.5. The Kier molecular flexibility index (Phi) is 3.32. The van der Waals surface area contributed by atoms with Gasteiger partial charge >= 0.3 is 6.18 Å². The summed E-state index contributed by atoms with van der Waals surface area (Å²) in [6.45, 7) is -0.679. The molecule has 8 heteroatoms. The van der Waals surface area contributed by atoms with Crippen LogP contribution >= 0.6 is 0 Å². The van der Waals surface area contributed by atoms with Crippen LogP contribution in [0, 0.1) is 0 Å². The predicted molar refractivity (Wildman–Crippen MR) is 46.5 cm³/mol. The number of nitrogens with zero attached hydrogens (tertiary/aromatic N) is 1. The van der Waals surface area contributed by atoms with Crippen molar-refractivity contribution in [3.63, 3.8) is 0 Å². The van der Waals surface area contributed by atoms with Gasteiger partial charge in [0, 0.05) is 12.1 Å². The Hall–Kier alpha value is -1.44. The van der Waals surface area contributed by atoms with Crippen LogP contribution in [0.15, 0.2) is 6.07 Å². The van der Waals surface area contributed by atoms with Crippen molar-refractivity contribution in [2.24, 2.45) is 5.73 Å². The largest absolute Gasteiger partial charge is 0.416 e. The highest BCUT2D eigenvalue weighted by Crippen LogP contribution is 2.36. The SMILES string of the molecule is NCc1c(C(F)(F)F)cc(N)nc1C(F)F. The van der Waals surface area contributed by atoms with Gasteiger partial charge in [-0.2, -0.15) is 13.2 Å². The van der Waals surface area contributed by atoms with Crippen molar-refractivity contribution in [1.82, 2.24) is 4.98 Å². The van der Waals surface area contributed by atoms with E-state index in [1.807, 2.05) is 0 Å². The summed E-state index contributed by atoms with van der Waals surface area (Å²) in [6.07, 6.45) is -7.93. The molecule has 0 aliphatic rings. The van der Waals surface area contributed by atoms with Crippen molar-refractivity contribution in [3.8, 4) is 0 Å². The molecule has 0 bridgehead atoms. The maximum absolute atomic E-state index is 12.5. The number of alkyl halides is 5. The molecular weight excluding hydrogens is 233 g/mol. The van der Waals surface area contributed by atoms with E-state index >= 15 is 0 Å². The first-order valence-electron chi connectivity index (χ1n) is 4.12. The molecule has 0 saturated carbocycles. The normalized spacial score (nSPS) is 12.2. The number of rotatable bonds is 2. The minimum atomic E-state index is -4.78. The van der Waals surface area contributed by atoms with Crippen LogP contribution < -0.4 is 11.5 Å². The van der Waals surface area contributed by atoms with Gasteiger partial charge in [-0.1, -0.05) is 0 Å². The van der Waals surface area contributed by atoms with Crippen LogP contribution in [0.25, 0.3) is 0 Å². The molecule has 1 heterocycles. The maximum Gasteiger partial charge on any atom is 0.416 e. The molecule has 0 aliphatic carbocycles. The van der Waals surface area contributed by atoms with E-state index in [1.165, 1.54) is 0 Å². The lowest BCUT2D eigenvalue weighted by Gasteiger charge is -2.15. The van der Waals surface area contributed by atoms with Gasteiger partial charge in [0.25, 0.3) is 6.43 Å². The third kappa shape index (κ3) is 2.38. The van der Waals surface area contributed by atoms with Crippen LogP contribution in [-0.4, -0.2) is 4.98 Å². The Bertz CT molecular complexity index is 388. The van der Waals surface area contributed by atoms with Crippen LogP contribution in [-0.2, 0) is 12.7 Å².